The van der Waals surface area contributed by atoms with E-state index in [1.54, 1.807) is 24.1 Å². The maximum absolute atomic E-state index is 12.6. The first-order valence-corrected chi connectivity index (χ1v) is 9.43. The molecule has 27 heavy (non-hydrogen) atoms. The van der Waals surface area contributed by atoms with Crippen LogP contribution in [0.2, 0.25) is 10.2 Å². The Bertz CT molecular complexity index is 778. The molecular weight excluding hydrogens is 389 g/mol. The number of nitrogens with zero attached hydrogens (tertiary/aromatic N) is 3. The largest absolute Gasteiger partial charge is 0.497 e. The molecule has 2 heterocycles. The van der Waals surface area contributed by atoms with Gasteiger partial charge in [0.2, 0.25) is 0 Å². The molecule has 1 aliphatic heterocycles. The van der Waals surface area contributed by atoms with Crippen LogP contribution in [0.1, 0.15) is 10.5 Å². The molecule has 6 nitrogen and oxygen atoms in total. The molecule has 0 saturated carbocycles. The van der Waals surface area contributed by atoms with Crippen LogP contribution in [-0.4, -0.2) is 67.1 Å². The van der Waals surface area contributed by atoms with Crippen molar-refractivity contribution < 1.29 is 14.3 Å². The van der Waals surface area contributed by atoms with Crippen molar-refractivity contribution in [3.8, 4) is 11.5 Å². The molecule has 1 aromatic heterocycles. The maximum Gasteiger partial charge on any atom is 0.274 e. The van der Waals surface area contributed by atoms with Gasteiger partial charge in [-0.2, -0.15) is 0 Å². The fraction of sp³-hybridized carbons (Fsp3) is 0.368. The van der Waals surface area contributed by atoms with Gasteiger partial charge < -0.3 is 14.4 Å². The lowest BCUT2D eigenvalue weighted by molar-refractivity contribution is 0.0615. The van der Waals surface area contributed by atoms with Crippen LogP contribution in [0.3, 0.4) is 0 Å². The van der Waals surface area contributed by atoms with Crippen molar-refractivity contribution in [3.63, 3.8) is 0 Å². The SMILES string of the molecule is COc1ccc(OCCN2CCN(C(=O)c3nc(Cl)ccc3Cl)CC2)cc1. The number of hydrogen-bond acceptors (Lipinski definition) is 5. The van der Waals surface area contributed by atoms with Gasteiger partial charge in [-0.15, -0.1) is 0 Å². The number of benzene rings is 1. The highest BCUT2D eigenvalue weighted by molar-refractivity contribution is 6.34. The van der Waals surface area contributed by atoms with Crippen molar-refractivity contribution in [2.24, 2.45) is 0 Å². The Morgan fingerprint density at radius 1 is 1.04 bits per heavy atom. The molecule has 0 N–H and O–H groups in total. The molecule has 0 spiro atoms. The molecule has 8 heteroatoms. The van der Waals surface area contributed by atoms with Gasteiger partial charge in [-0.1, -0.05) is 23.2 Å². The molecular formula is C19H21Cl2N3O3. The summed E-state index contributed by atoms with van der Waals surface area (Å²) in [6.45, 7) is 4.16. The first-order chi connectivity index (χ1) is 13.1. The number of piperazine rings is 1. The number of amides is 1. The molecule has 144 valence electrons. The number of aromatic nitrogens is 1. The highest BCUT2D eigenvalue weighted by Crippen LogP contribution is 2.20. The molecule has 1 amide bonds. The van der Waals surface area contributed by atoms with Crippen molar-refractivity contribution in [1.82, 2.24) is 14.8 Å². The van der Waals surface area contributed by atoms with E-state index in [1.165, 1.54) is 0 Å². The van der Waals surface area contributed by atoms with Crippen LogP contribution in [0.25, 0.3) is 0 Å². The molecule has 0 bridgehead atoms. The fourth-order valence-electron chi connectivity index (χ4n) is 2.86. The average molecular weight is 410 g/mol. The van der Waals surface area contributed by atoms with E-state index < -0.39 is 0 Å². The Morgan fingerprint density at radius 3 is 2.37 bits per heavy atom. The summed E-state index contributed by atoms with van der Waals surface area (Å²) in [5, 5.41) is 0.580. The molecule has 0 aliphatic carbocycles. The second-order valence-corrected chi connectivity index (χ2v) is 6.92. The van der Waals surface area contributed by atoms with Crippen LogP contribution in [0, 0.1) is 0 Å². The standard InChI is InChI=1S/C19H21Cl2N3O3/c1-26-14-2-4-15(5-3-14)27-13-12-23-8-10-24(11-9-23)19(25)18-16(20)6-7-17(21)22-18/h2-7H,8-13H2,1H3. The van der Waals surface area contributed by atoms with Crippen LogP contribution in [0.5, 0.6) is 11.5 Å². The van der Waals surface area contributed by atoms with Crippen LogP contribution in [0.15, 0.2) is 36.4 Å². The van der Waals surface area contributed by atoms with Crippen LogP contribution in [-0.2, 0) is 0 Å². The molecule has 0 atom stereocenters. The van der Waals surface area contributed by atoms with Crippen molar-refractivity contribution >= 4 is 29.1 Å². The van der Waals surface area contributed by atoms with E-state index >= 15 is 0 Å². The Labute approximate surface area is 168 Å². The molecule has 2 aromatic rings. The summed E-state index contributed by atoms with van der Waals surface area (Å²) in [6.07, 6.45) is 0. The lowest BCUT2D eigenvalue weighted by atomic mass is 10.2. The second-order valence-electron chi connectivity index (χ2n) is 6.12. The van der Waals surface area contributed by atoms with Gasteiger partial charge in [-0.05, 0) is 36.4 Å². The smallest absolute Gasteiger partial charge is 0.274 e. The quantitative estimate of drug-likeness (QED) is 0.685. The molecule has 1 fully saturated rings. The normalized spacial score (nSPS) is 14.9. The van der Waals surface area contributed by atoms with Gasteiger partial charge in [-0.3, -0.25) is 9.69 Å². The van der Waals surface area contributed by atoms with E-state index in [2.05, 4.69) is 9.88 Å². The van der Waals surface area contributed by atoms with Gasteiger partial charge in [0.1, 0.15) is 29.0 Å². The number of ether oxygens (including phenoxy) is 2. The number of pyridine rings is 1. The predicted octanol–water partition coefficient (Wildman–Crippen LogP) is 3.23. The second kappa shape index (κ2) is 9.26. The lowest BCUT2D eigenvalue weighted by Gasteiger charge is -2.34. The minimum absolute atomic E-state index is 0.184. The van der Waals surface area contributed by atoms with Gasteiger partial charge in [0, 0.05) is 32.7 Å². The zero-order valence-electron chi connectivity index (χ0n) is 15.0. The molecule has 0 unspecified atom stereocenters. The average Bonchev–Trinajstić information content (AvgIpc) is 2.70. The van der Waals surface area contributed by atoms with Gasteiger partial charge in [0.25, 0.3) is 5.91 Å². The third-order valence-corrected chi connectivity index (χ3v) is 4.93. The number of methoxy groups -OCH3 is 1. The van der Waals surface area contributed by atoms with Crippen molar-refractivity contribution in [1.29, 1.82) is 0 Å². The summed E-state index contributed by atoms with van der Waals surface area (Å²) >= 11 is 12.0. The minimum Gasteiger partial charge on any atom is -0.497 e. The summed E-state index contributed by atoms with van der Waals surface area (Å²) in [6, 6.07) is 10.7. The van der Waals surface area contributed by atoms with Gasteiger partial charge >= 0.3 is 0 Å². The third-order valence-electron chi connectivity index (χ3n) is 4.41. The number of hydrogen-bond donors (Lipinski definition) is 0. The molecule has 1 aliphatic rings. The third kappa shape index (κ3) is 5.25. The van der Waals surface area contributed by atoms with Crippen molar-refractivity contribution in [2.75, 3.05) is 46.4 Å². The fourth-order valence-corrected chi connectivity index (χ4v) is 3.19. The predicted molar refractivity (Wildman–Crippen MR) is 105 cm³/mol. The van der Waals surface area contributed by atoms with Crippen LogP contribution < -0.4 is 9.47 Å². The maximum atomic E-state index is 12.6. The van der Waals surface area contributed by atoms with E-state index in [0.29, 0.717) is 24.7 Å². The number of carbonyl (C=O) groups excluding carboxylic acids is 1. The summed E-state index contributed by atoms with van der Waals surface area (Å²) < 4.78 is 10.9. The van der Waals surface area contributed by atoms with Crippen molar-refractivity contribution in [3.05, 3.63) is 52.3 Å². The Balaban J connectivity index is 1.44. The number of halogens is 2. The molecule has 3 rings (SSSR count). The van der Waals surface area contributed by atoms with Crippen LogP contribution in [0.4, 0.5) is 0 Å². The van der Waals surface area contributed by atoms with Crippen LogP contribution >= 0.6 is 23.2 Å². The number of rotatable bonds is 6. The summed E-state index contributed by atoms with van der Waals surface area (Å²) in [7, 11) is 1.64. The molecule has 1 aromatic carbocycles. The first kappa shape index (κ1) is 19.7. The molecule has 0 radical (unpaired) electrons. The number of carbonyl (C=O) groups is 1. The van der Waals surface area contributed by atoms with E-state index in [4.69, 9.17) is 32.7 Å². The Hall–Kier alpha value is -2.02. The zero-order chi connectivity index (χ0) is 19.2. The van der Waals surface area contributed by atoms with E-state index in [0.717, 1.165) is 31.1 Å². The zero-order valence-corrected chi connectivity index (χ0v) is 16.5. The van der Waals surface area contributed by atoms with E-state index in [-0.39, 0.29) is 16.8 Å². The minimum atomic E-state index is -0.184. The van der Waals surface area contributed by atoms with Crippen molar-refractivity contribution in [2.45, 2.75) is 0 Å². The van der Waals surface area contributed by atoms with Gasteiger partial charge in [-0.25, -0.2) is 4.98 Å². The topological polar surface area (TPSA) is 54.9 Å². The van der Waals surface area contributed by atoms with E-state index in [9.17, 15) is 4.79 Å². The lowest BCUT2D eigenvalue weighted by Crippen LogP contribution is -2.49. The molecule has 1 saturated heterocycles. The highest BCUT2D eigenvalue weighted by atomic mass is 35.5. The Kier molecular flexibility index (Phi) is 6.77. The van der Waals surface area contributed by atoms with Gasteiger partial charge in [0.15, 0.2) is 0 Å². The summed E-state index contributed by atoms with van der Waals surface area (Å²) in [4.78, 5) is 20.7. The Morgan fingerprint density at radius 2 is 1.70 bits per heavy atom. The highest BCUT2D eigenvalue weighted by Gasteiger charge is 2.24. The first-order valence-electron chi connectivity index (χ1n) is 8.67. The van der Waals surface area contributed by atoms with Gasteiger partial charge in [0.05, 0.1) is 12.1 Å². The van der Waals surface area contributed by atoms with E-state index in [1.807, 2.05) is 24.3 Å². The monoisotopic (exact) mass is 409 g/mol. The summed E-state index contributed by atoms with van der Waals surface area (Å²) in [5.41, 5.74) is 0.209. The summed E-state index contributed by atoms with van der Waals surface area (Å²) in [5.74, 6) is 1.43.